The third-order valence-corrected chi connectivity index (χ3v) is 4.03. The molecule has 1 saturated heterocycles. The summed E-state index contributed by atoms with van der Waals surface area (Å²) in [5.74, 6) is 0.541. The van der Waals surface area contributed by atoms with Crippen LogP contribution in [0.4, 0.5) is 5.69 Å². The van der Waals surface area contributed by atoms with Crippen molar-refractivity contribution in [1.29, 1.82) is 0 Å². The van der Waals surface area contributed by atoms with Crippen LogP contribution in [0.5, 0.6) is 0 Å². The molecule has 3 rings (SSSR count). The van der Waals surface area contributed by atoms with Crippen LogP contribution in [0.25, 0.3) is 11.4 Å². The average Bonchev–Trinajstić information content (AvgIpc) is 3.06. The lowest BCUT2D eigenvalue weighted by Gasteiger charge is -2.11. The SMILES string of the molecule is Nc1cc(Cl)c(Cl)c(-c2nnnn2CC2CCCO2)c1. The van der Waals surface area contributed by atoms with Crippen LogP contribution in [-0.4, -0.2) is 32.9 Å². The van der Waals surface area contributed by atoms with Gasteiger partial charge in [-0.3, -0.25) is 0 Å². The zero-order chi connectivity index (χ0) is 14.1. The van der Waals surface area contributed by atoms with E-state index in [1.165, 1.54) is 0 Å². The number of nitrogens with two attached hydrogens (primary N) is 1. The summed E-state index contributed by atoms with van der Waals surface area (Å²) >= 11 is 12.3. The number of nitrogen functional groups attached to an aromatic ring is 1. The van der Waals surface area contributed by atoms with Gasteiger partial charge in [0.05, 0.1) is 22.7 Å². The van der Waals surface area contributed by atoms with Crippen molar-refractivity contribution in [2.45, 2.75) is 25.5 Å². The van der Waals surface area contributed by atoms with E-state index in [4.69, 9.17) is 33.7 Å². The van der Waals surface area contributed by atoms with Crippen LogP contribution in [0.1, 0.15) is 12.8 Å². The number of anilines is 1. The fourth-order valence-electron chi connectivity index (χ4n) is 2.27. The fourth-order valence-corrected chi connectivity index (χ4v) is 2.70. The first-order chi connectivity index (χ1) is 9.65. The van der Waals surface area contributed by atoms with E-state index in [0.717, 1.165) is 19.4 Å². The summed E-state index contributed by atoms with van der Waals surface area (Å²) in [6, 6.07) is 3.31. The minimum absolute atomic E-state index is 0.132. The average molecular weight is 314 g/mol. The quantitative estimate of drug-likeness (QED) is 0.880. The molecule has 20 heavy (non-hydrogen) atoms. The summed E-state index contributed by atoms with van der Waals surface area (Å²) in [5.41, 5.74) is 6.94. The van der Waals surface area contributed by atoms with Gasteiger partial charge >= 0.3 is 0 Å². The van der Waals surface area contributed by atoms with Gasteiger partial charge in [-0.15, -0.1) is 5.10 Å². The maximum Gasteiger partial charge on any atom is 0.183 e. The summed E-state index contributed by atoms with van der Waals surface area (Å²) in [6.45, 7) is 1.37. The minimum Gasteiger partial charge on any atom is -0.399 e. The zero-order valence-corrected chi connectivity index (χ0v) is 12.1. The molecule has 0 amide bonds. The Kier molecular flexibility index (Phi) is 3.78. The molecular formula is C12H13Cl2N5O. The van der Waals surface area contributed by atoms with Crippen molar-refractivity contribution >= 4 is 28.9 Å². The van der Waals surface area contributed by atoms with Crippen molar-refractivity contribution in [3.05, 3.63) is 22.2 Å². The second-order valence-corrected chi connectivity index (χ2v) is 5.47. The van der Waals surface area contributed by atoms with Crippen molar-refractivity contribution in [3.63, 3.8) is 0 Å². The van der Waals surface area contributed by atoms with Gasteiger partial charge < -0.3 is 10.5 Å². The van der Waals surface area contributed by atoms with Crippen LogP contribution >= 0.6 is 23.2 Å². The number of aromatic nitrogens is 4. The number of benzene rings is 1. The Balaban J connectivity index is 1.96. The molecule has 8 heteroatoms. The van der Waals surface area contributed by atoms with Crippen LogP contribution < -0.4 is 5.73 Å². The van der Waals surface area contributed by atoms with Gasteiger partial charge in [-0.05, 0) is 35.4 Å². The molecule has 1 aliphatic rings. The predicted molar refractivity (Wildman–Crippen MR) is 76.7 cm³/mol. The van der Waals surface area contributed by atoms with Gasteiger partial charge in [0.2, 0.25) is 0 Å². The topological polar surface area (TPSA) is 78.9 Å². The first kappa shape index (κ1) is 13.6. The number of ether oxygens (including phenoxy) is 1. The van der Waals surface area contributed by atoms with Crippen molar-refractivity contribution in [2.75, 3.05) is 12.3 Å². The van der Waals surface area contributed by atoms with Crippen LogP contribution in [-0.2, 0) is 11.3 Å². The van der Waals surface area contributed by atoms with Gasteiger partial charge in [0.1, 0.15) is 0 Å². The van der Waals surface area contributed by atoms with Gasteiger partial charge in [0.15, 0.2) is 5.82 Å². The third kappa shape index (κ3) is 2.59. The molecule has 1 atom stereocenters. The lowest BCUT2D eigenvalue weighted by atomic mass is 10.2. The van der Waals surface area contributed by atoms with Crippen LogP contribution in [0.15, 0.2) is 12.1 Å². The maximum absolute atomic E-state index is 6.22. The summed E-state index contributed by atoms with van der Waals surface area (Å²) < 4.78 is 7.27. The Labute approximate surface area is 125 Å². The zero-order valence-electron chi connectivity index (χ0n) is 10.6. The minimum atomic E-state index is 0.132. The number of rotatable bonds is 3. The highest BCUT2D eigenvalue weighted by Crippen LogP contribution is 2.34. The molecular weight excluding hydrogens is 301 g/mol. The van der Waals surface area contributed by atoms with Crippen molar-refractivity contribution in [2.24, 2.45) is 0 Å². The van der Waals surface area contributed by atoms with Gasteiger partial charge in [-0.25, -0.2) is 4.68 Å². The Morgan fingerprint density at radius 1 is 1.40 bits per heavy atom. The van der Waals surface area contributed by atoms with Crippen molar-refractivity contribution < 1.29 is 4.74 Å². The molecule has 1 unspecified atom stereocenters. The summed E-state index contributed by atoms with van der Waals surface area (Å²) in [5, 5.41) is 12.5. The monoisotopic (exact) mass is 313 g/mol. The van der Waals surface area contributed by atoms with E-state index < -0.39 is 0 Å². The molecule has 0 bridgehead atoms. The predicted octanol–water partition coefficient (Wildman–Crippen LogP) is 2.41. The molecule has 2 heterocycles. The molecule has 6 nitrogen and oxygen atoms in total. The smallest absolute Gasteiger partial charge is 0.183 e. The molecule has 1 aromatic carbocycles. The molecule has 1 aromatic heterocycles. The normalized spacial score (nSPS) is 18.6. The molecule has 0 aliphatic carbocycles. The second-order valence-electron chi connectivity index (χ2n) is 4.68. The number of hydrogen-bond acceptors (Lipinski definition) is 5. The van der Waals surface area contributed by atoms with Crippen molar-refractivity contribution in [1.82, 2.24) is 20.2 Å². The molecule has 0 spiro atoms. The van der Waals surface area contributed by atoms with Gasteiger partial charge in [0.25, 0.3) is 0 Å². The molecule has 2 aromatic rings. The first-order valence-electron chi connectivity index (χ1n) is 6.28. The maximum atomic E-state index is 6.22. The van der Waals surface area contributed by atoms with E-state index in [9.17, 15) is 0 Å². The molecule has 0 radical (unpaired) electrons. The van der Waals surface area contributed by atoms with Crippen LogP contribution in [0.2, 0.25) is 10.0 Å². The number of hydrogen-bond donors (Lipinski definition) is 1. The Morgan fingerprint density at radius 2 is 2.25 bits per heavy atom. The molecule has 1 aliphatic heterocycles. The third-order valence-electron chi connectivity index (χ3n) is 3.22. The largest absolute Gasteiger partial charge is 0.399 e. The Morgan fingerprint density at radius 3 is 3.00 bits per heavy atom. The van der Waals surface area contributed by atoms with E-state index in [-0.39, 0.29) is 6.10 Å². The van der Waals surface area contributed by atoms with Gasteiger partial charge in [-0.1, -0.05) is 23.2 Å². The summed E-state index contributed by atoms with van der Waals surface area (Å²) in [4.78, 5) is 0. The van der Waals surface area contributed by atoms with Crippen LogP contribution in [0.3, 0.4) is 0 Å². The first-order valence-corrected chi connectivity index (χ1v) is 7.03. The summed E-state index contributed by atoms with van der Waals surface area (Å²) in [6.07, 6.45) is 2.20. The number of tetrazole rings is 1. The van der Waals surface area contributed by atoms with Crippen LogP contribution in [0, 0.1) is 0 Å². The standard InChI is InChI=1S/C12H13Cl2N5O/c13-10-5-7(15)4-9(11(10)14)12-16-17-18-19(12)6-8-2-1-3-20-8/h4-5,8H,1-3,6,15H2. The Hall–Kier alpha value is -1.37. The molecule has 2 N–H and O–H groups in total. The number of nitrogens with zero attached hydrogens (tertiary/aromatic N) is 4. The highest BCUT2D eigenvalue weighted by atomic mass is 35.5. The van der Waals surface area contributed by atoms with Gasteiger partial charge in [0, 0.05) is 17.9 Å². The van der Waals surface area contributed by atoms with Crippen molar-refractivity contribution in [3.8, 4) is 11.4 Å². The van der Waals surface area contributed by atoms with E-state index in [1.54, 1.807) is 16.8 Å². The lowest BCUT2D eigenvalue weighted by Crippen LogP contribution is -2.17. The lowest BCUT2D eigenvalue weighted by molar-refractivity contribution is 0.0939. The second kappa shape index (κ2) is 5.55. The van der Waals surface area contributed by atoms with Gasteiger partial charge in [-0.2, -0.15) is 0 Å². The highest BCUT2D eigenvalue weighted by molar-refractivity contribution is 6.43. The molecule has 0 saturated carbocycles. The van der Waals surface area contributed by atoms with E-state index in [1.807, 2.05) is 0 Å². The highest BCUT2D eigenvalue weighted by Gasteiger charge is 2.21. The van der Waals surface area contributed by atoms with E-state index in [2.05, 4.69) is 15.5 Å². The molecule has 106 valence electrons. The van der Waals surface area contributed by atoms with E-state index >= 15 is 0 Å². The fraction of sp³-hybridized carbons (Fsp3) is 0.417. The number of halogens is 2. The van der Waals surface area contributed by atoms with E-state index in [0.29, 0.717) is 33.7 Å². The Bertz CT molecular complexity index is 624. The summed E-state index contributed by atoms with van der Waals surface area (Å²) in [7, 11) is 0. The molecule has 1 fully saturated rings.